The number of amides is 2. The summed E-state index contributed by atoms with van der Waals surface area (Å²) >= 11 is 0. The second-order valence-corrected chi connectivity index (χ2v) is 9.15. The number of carbonyl (C=O) groups is 3. The molecule has 1 heterocycles. The van der Waals surface area contributed by atoms with Crippen molar-refractivity contribution in [1.82, 2.24) is 10.2 Å². The molecule has 2 aromatic carbocycles. The molecular formula is C24H29N5O5. The van der Waals surface area contributed by atoms with Crippen LogP contribution in [0.2, 0.25) is 0 Å². The molecule has 0 spiro atoms. The number of ether oxygens (including phenoxy) is 2. The highest BCUT2D eigenvalue weighted by molar-refractivity contribution is 5.91. The van der Waals surface area contributed by atoms with Gasteiger partial charge in [0.1, 0.15) is 17.7 Å². The van der Waals surface area contributed by atoms with E-state index in [1.165, 1.54) is 12.0 Å². The van der Waals surface area contributed by atoms with Crippen LogP contribution in [0.4, 0.5) is 4.79 Å². The first-order chi connectivity index (χ1) is 16.1. The summed E-state index contributed by atoms with van der Waals surface area (Å²) in [5.74, 6) is -1.24. The lowest BCUT2D eigenvalue weighted by atomic mass is 10.0. The van der Waals surface area contributed by atoms with Crippen LogP contribution in [0, 0.1) is 0 Å². The molecule has 0 aromatic heterocycles. The van der Waals surface area contributed by atoms with Crippen LogP contribution in [-0.4, -0.2) is 60.3 Å². The Morgan fingerprint density at radius 3 is 2.56 bits per heavy atom. The Bertz CT molecular complexity index is 1120. The highest BCUT2D eigenvalue weighted by Gasteiger charge is 2.44. The van der Waals surface area contributed by atoms with E-state index in [1.54, 1.807) is 20.8 Å². The van der Waals surface area contributed by atoms with Gasteiger partial charge in [-0.1, -0.05) is 47.6 Å². The van der Waals surface area contributed by atoms with Crippen LogP contribution in [0.1, 0.15) is 32.8 Å². The van der Waals surface area contributed by atoms with E-state index in [2.05, 4.69) is 15.3 Å². The number of carbonyl (C=O) groups excluding carboxylic acids is 3. The first-order valence-electron chi connectivity index (χ1n) is 11.0. The highest BCUT2D eigenvalue weighted by atomic mass is 16.6. The maximum absolute atomic E-state index is 13.3. The number of likely N-dealkylation sites (tertiary alicyclic amines) is 1. The van der Waals surface area contributed by atoms with Crippen molar-refractivity contribution in [2.24, 2.45) is 5.11 Å². The van der Waals surface area contributed by atoms with Gasteiger partial charge in [0.2, 0.25) is 5.91 Å². The van der Waals surface area contributed by atoms with Crippen molar-refractivity contribution >= 4 is 28.7 Å². The maximum atomic E-state index is 13.3. The minimum absolute atomic E-state index is 0.185. The molecule has 1 aliphatic heterocycles. The van der Waals surface area contributed by atoms with Crippen LogP contribution < -0.4 is 5.32 Å². The minimum Gasteiger partial charge on any atom is -0.467 e. The predicted octanol–water partition coefficient (Wildman–Crippen LogP) is 3.73. The first kappa shape index (κ1) is 24.9. The quantitative estimate of drug-likeness (QED) is 0.299. The summed E-state index contributed by atoms with van der Waals surface area (Å²) < 4.78 is 10.3. The van der Waals surface area contributed by atoms with E-state index < -0.39 is 41.7 Å². The number of rotatable bonds is 6. The van der Waals surface area contributed by atoms with Crippen LogP contribution in [0.25, 0.3) is 21.2 Å². The molecule has 3 atom stereocenters. The van der Waals surface area contributed by atoms with Gasteiger partial charge >= 0.3 is 12.1 Å². The molecular weight excluding hydrogens is 438 g/mol. The van der Waals surface area contributed by atoms with Gasteiger partial charge in [-0.25, -0.2) is 9.59 Å². The molecule has 1 saturated heterocycles. The summed E-state index contributed by atoms with van der Waals surface area (Å²) in [6, 6.07) is 10.7. The lowest BCUT2D eigenvalue weighted by Gasteiger charge is -2.30. The van der Waals surface area contributed by atoms with Crippen molar-refractivity contribution in [2.45, 2.75) is 57.3 Å². The van der Waals surface area contributed by atoms with E-state index in [0.717, 1.165) is 16.3 Å². The van der Waals surface area contributed by atoms with E-state index in [4.69, 9.17) is 15.0 Å². The molecule has 1 fully saturated rings. The first-order valence-corrected chi connectivity index (χ1v) is 11.0. The molecule has 0 saturated carbocycles. The molecule has 2 aromatic rings. The number of fused-ring (bicyclic) bond motifs is 1. The SMILES string of the molecule is COC(=O)[C@H](Cc1ccc2ccccc2c1)NC(=O)C1C(N=[N+]=[N-])CCN1C(=O)OC(C)(C)C. The Hall–Kier alpha value is -3.78. The number of esters is 1. The summed E-state index contributed by atoms with van der Waals surface area (Å²) in [5, 5.41) is 8.46. The van der Waals surface area contributed by atoms with E-state index >= 15 is 0 Å². The molecule has 180 valence electrons. The van der Waals surface area contributed by atoms with Crippen LogP contribution in [-0.2, 0) is 25.5 Å². The second kappa shape index (κ2) is 10.4. The summed E-state index contributed by atoms with van der Waals surface area (Å²) in [5.41, 5.74) is 9.01. The number of nitrogens with zero attached hydrogens (tertiary/aromatic N) is 4. The number of azide groups is 1. The zero-order valence-corrected chi connectivity index (χ0v) is 19.7. The van der Waals surface area contributed by atoms with Crippen molar-refractivity contribution < 1.29 is 23.9 Å². The summed E-state index contributed by atoms with van der Waals surface area (Å²) in [7, 11) is 1.24. The zero-order chi connectivity index (χ0) is 24.9. The number of hydrogen-bond acceptors (Lipinski definition) is 6. The lowest BCUT2D eigenvalue weighted by Crippen LogP contribution is -2.55. The molecule has 3 rings (SSSR count). The van der Waals surface area contributed by atoms with Gasteiger partial charge in [0.25, 0.3) is 0 Å². The van der Waals surface area contributed by atoms with Gasteiger partial charge in [0, 0.05) is 17.9 Å². The molecule has 34 heavy (non-hydrogen) atoms. The van der Waals surface area contributed by atoms with Gasteiger partial charge in [-0.15, -0.1) is 0 Å². The van der Waals surface area contributed by atoms with Crippen LogP contribution in [0.3, 0.4) is 0 Å². The molecule has 10 nitrogen and oxygen atoms in total. The van der Waals surface area contributed by atoms with E-state index in [9.17, 15) is 14.4 Å². The average Bonchev–Trinajstić information content (AvgIpc) is 3.21. The Morgan fingerprint density at radius 2 is 1.91 bits per heavy atom. The molecule has 10 heteroatoms. The Labute approximate surface area is 197 Å². The van der Waals surface area contributed by atoms with Crippen molar-refractivity contribution in [3.05, 3.63) is 58.5 Å². The Balaban J connectivity index is 1.83. The molecule has 0 bridgehead atoms. The molecule has 2 amide bonds. The van der Waals surface area contributed by atoms with Gasteiger partial charge in [0.05, 0.1) is 13.2 Å². The van der Waals surface area contributed by atoms with E-state index in [-0.39, 0.29) is 13.0 Å². The maximum Gasteiger partial charge on any atom is 0.410 e. The molecule has 1 N–H and O–H groups in total. The highest BCUT2D eigenvalue weighted by Crippen LogP contribution is 2.25. The van der Waals surface area contributed by atoms with E-state index in [1.807, 2.05) is 42.5 Å². The van der Waals surface area contributed by atoms with Gasteiger partial charge < -0.3 is 14.8 Å². The van der Waals surface area contributed by atoms with Crippen molar-refractivity contribution in [1.29, 1.82) is 0 Å². The third-order valence-corrected chi connectivity index (χ3v) is 5.52. The van der Waals surface area contributed by atoms with Crippen molar-refractivity contribution in [3.63, 3.8) is 0 Å². The summed E-state index contributed by atoms with van der Waals surface area (Å²) in [6.07, 6.45) is -0.198. The Morgan fingerprint density at radius 1 is 1.21 bits per heavy atom. The van der Waals surface area contributed by atoms with Crippen molar-refractivity contribution in [3.8, 4) is 0 Å². The second-order valence-electron chi connectivity index (χ2n) is 9.15. The number of methoxy groups -OCH3 is 1. The topological polar surface area (TPSA) is 134 Å². The third kappa shape index (κ3) is 5.96. The fraction of sp³-hybridized carbons (Fsp3) is 0.458. The average molecular weight is 468 g/mol. The van der Waals surface area contributed by atoms with Gasteiger partial charge in [-0.05, 0) is 49.1 Å². The number of hydrogen-bond donors (Lipinski definition) is 1. The monoisotopic (exact) mass is 467 g/mol. The smallest absolute Gasteiger partial charge is 0.410 e. The van der Waals surface area contributed by atoms with Gasteiger partial charge in [-0.3, -0.25) is 9.69 Å². The van der Waals surface area contributed by atoms with Crippen LogP contribution >= 0.6 is 0 Å². The fourth-order valence-electron chi connectivity index (χ4n) is 4.00. The predicted molar refractivity (Wildman–Crippen MR) is 126 cm³/mol. The molecule has 2 unspecified atom stereocenters. The summed E-state index contributed by atoms with van der Waals surface area (Å²) in [4.78, 5) is 42.6. The van der Waals surface area contributed by atoms with Crippen molar-refractivity contribution in [2.75, 3.05) is 13.7 Å². The number of benzene rings is 2. The molecule has 1 aliphatic rings. The lowest BCUT2D eigenvalue weighted by molar-refractivity contribution is -0.145. The molecule has 0 radical (unpaired) electrons. The number of nitrogens with one attached hydrogen (secondary N) is 1. The molecule has 0 aliphatic carbocycles. The van der Waals surface area contributed by atoms with E-state index in [0.29, 0.717) is 6.42 Å². The van der Waals surface area contributed by atoms with Gasteiger partial charge in [0.15, 0.2) is 0 Å². The van der Waals surface area contributed by atoms with Crippen LogP contribution in [0.15, 0.2) is 47.6 Å². The Kier molecular flexibility index (Phi) is 7.63. The third-order valence-electron chi connectivity index (χ3n) is 5.52. The standard InChI is InChI=1S/C24H29N5O5/c1-24(2,3)34-23(32)29-12-11-18(27-28-25)20(29)21(30)26-19(22(31)33-4)14-15-9-10-16-7-5-6-8-17(16)13-15/h5-10,13,18-20H,11-12,14H2,1-4H3,(H,26,30)/t18?,19-,20?/m0/s1. The van der Waals surface area contributed by atoms with Crippen LogP contribution in [0.5, 0.6) is 0 Å². The largest absolute Gasteiger partial charge is 0.467 e. The normalized spacial score (nSPS) is 18.6. The minimum atomic E-state index is -1.10. The fourth-order valence-corrected chi connectivity index (χ4v) is 4.00. The van der Waals surface area contributed by atoms with Gasteiger partial charge in [-0.2, -0.15) is 0 Å². The zero-order valence-electron chi connectivity index (χ0n) is 19.7. The summed E-state index contributed by atoms with van der Waals surface area (Å²) in [6.45, 7) is 5.34.